The quantitative estimate of drug-likeness (QED) is 0.610. The Morgan fingerprint density at radius 1 is 1.08 bits per heavy atom. The topological polar surface area (TPSA) is 41.5 Å². The standard InChI is InChI=1S/C21H19BrN2O/c22-16-11-9-14(10-12-16)13-23-24-19(25)21-17-7-4-8-18(21)20(17,21)15-5-2-1-3-6-15/h1-3,5-6,9-13,17-18H,4,7-8H2,(H,24,25)/b23-13+/t17-,18-,20?,21?/m1/s1. The first kappa shape index (κ1) is 15.3. The Morgan fingerprint density at radius 2 is 1.76 bits per heavy atom. The number of hydrogen-bond donors (Lipinski definition) is 1. The molecule has 1 amide bonds. The fraction of sp³-hybridized carbons (Fsp3) is 0.333. The molecule has 3 fully saturated rings. The van der Waals surface area contributed by atoms with Gasteiger partial charge in [-0.25, -0.2) is 5.43 Å². The number of amides is 1. The summed E-state index contributed by atoms with van der Waals surface area (Å²) in [5.41, 5.74) is 5.06. The summed E-state index contributed by atoms with van der Waals surface area (Å²) in [5.74, 6) is 1.12. The van der Waals surface area contributed by atoms with Crippen LogP contribution in [-0.4, -0.2) is 12.1 Å². The van der Waals surface area contributed by atoms with Gasteiger partial charge in [-0.2, -0.15) is 5.10 Å². The second kappa shape index (κ2) is 5.28. The number of rotatable bonds is 4. The van der Waals surface area contributed by atoms with Crippen LogP contribution in [0.5, 0.6) is 0 Å². The van der Waals surface area contributed by atoms with Crippen molar-refractivity contribution in [2.24, 2.45) is 22.4 Å². The average molecular weight is 395 g/mol. The Bertz CT molecular complexity index is 847. The number of carbonyl (C=O) groups is 1. The van der Waals surface area contributed by atoms with Gasteiger partial charge in [-0.1, -0.05) is 64.8 Å². The minimum Gasteiger partial charge on any atom is -0.272 e. The molecular weight excluding hydrogens is 376 g/mol. The monoisotopic (exact) mass is 394 g/mol. The van der Waals surface area contributed by atoms with Gasteiger partial charge in [0, 0.05) is 9.89 Å². The average Bonchev–Trinajstić information content (AvgIpc) is 3.51. The molecule has 0 aromatic heterocycles. The van der Waals surface area contributed by atoms with E-state index in [1.54, 1.807) is 6.21 Å². The van der Waals surface area contributed by atoms with Crippen molar-refractivity contribution in [2.75, 3.05) is 0 Å². The maximum absolute atomic E-state index is 13.0. The highest BCUT2D eigenvalue weighted by atomic mass is 79.9. The van der Waals surface area contributed by atoms with Crippen molar-refractivity contribution >= 4 is 28.1 Å². The summed E-state index contributed by atoms with van der Waals surface area (Å²) >= 11 is 3.42. The second-order valence-electron chi connectivity index (χ2n) is 7.39. The van der Waals surface area contributed by atoms with E-state index >= 15 is 0 Å². The van der Waals surface area contributed by atoms with Gasteiger partial charge in [0.05, 0.1) is 11.6 Å². The van der Waals surface area contributed by atoms with Gasteiger partial charge in [0.1, 0.15) is 0 Å². The number of fused-ring (bicyclic) bond motifs is 2. The summed E-state index contributed by atoms with van der Waals surface area (Å²) in [7, 11) is 0. The summed E-state index contributed by atoms with van der Waals surface area (Å²) in [6, 6.07) is 18.5. The molecule has 0 spiro atoms. The van der Waals surface area contributed by atoms with Crippen molar-refractivity contribution in [3.63, 3.8) is 0 Å². The third-order valence-electron chi connectivity index (χ3n) is 6.58. The lowest BCUT2D eigenvalue weighted by Gasteiger charge is -2.27. The lowest BCUT2D eigenvalue weighted by molar-refractivity contribution is -0.126. The smallest absolute Gasteiger partial charge is 0.247 e. The van der Waals surface area contributed by atoms with Crippen LogP contribution < -0.4 is 5.43 Å². The predicted octanol–water partition coefficient (Wildman–Crippen LogP) is 4.27. The molecule has 0 aliphatic heterocycles. The predicted molar refractivity (Wildman–Crippen MR) is 101 cm³/mol. The van der Waals surface area contributed by atoms with E-state index in [9.17, 15) is 4.79 Å². The van der Waals surface area contributed by atoms with E-state index in [1.807, 2.05) is 30.3 Å². The van der Waals surface area contributed by atoms with Crippen molar-refractivity contribution in [1.82, 2.24) is 5.43 Å². The third kappa shape index (κ3) is 1.86. The number of hydrazone groups is 1. The van der Waals surface area contributed by atoms with Crippen LogP contribution in [0.25, 0.3) is 0 Å². The van der Waals surface area contributed by atoms with E-state index in [0.717, 1.165) is 22.9 Å². The van der Waals surface area contributed by atoms with E-state index in [2.05, 4.69) is 50.7 Å². The first-order valence-electron chi connectivity index (χ1n) is 8.87. The highest BCUT2D eigenvalue weighted by Gasteiger charge is 3.01. The molecule has 0 unspecified atom stereocenters. The zero-order valence-corrected chi connectivity index (χ0v) is 15.4. The Labute approximate surface area is 155 Å². The highest BCUT2D eigenvalue weighted by molar-refractivity contribution is 9.10. The van der Waals surface area contributed by atoms with E-state index < -0.39 is 0 Å². The molecule has 0 heterocycles. The number of halogens is 1. The molecule has 0 bridgehead atoms. The van der Waals surface area contributed by atoms with E-state index in [4.69, 9.17) is 0 Å². The van der Waals surface area contributed by atoms with Crippen LogP contribution in [0.1, 0.15) is 30.4 Å². The summed E-state index contributed by atoms with van der Waals surface area (Å²) in [4.78, 5) is 13.0. The second-order valence-corrected chi connectivity index (χ2v) is 8.31. The molecule has 5 rings (SSSR count). The Hall–Kier alpha value is -1.94. The molecule has 3 saturated carbocycles. The first-order chi connectivity index (χ1) is 12.2. The Morgan fingerprint density at radius 3 is 2.44 bits per heavy atom. The fourth-order valence-electron chi connectivity index (χ4n) is 5.70. The van der Waals surface area contributed by atoms with Crippen molar-refractivity contribution < 1.29 is 4.79 Å². The molecule has 2 aromatic carbocycles. The molecule has 0 radical (unpaired) electrons. The molecule has 3 aliphatic carbocycles. The molecule has 25 heavy (non-hydrogen) atoms. The third-order valence-corrected chi connectivity index (χ3v) is 7.11. The summed E-state index contributed by atoms with van der Waals surface area (Å²) in [6.07, 6.45) is 5.29. The van der Waals surface area contributed by atoms with Crippen molar-refractivity contribution in [2.45, 2.75) is 24.7 Å². The molecule has 2 atom stereocenters. The van der Waals surface area contributed by atoms with Gasteiger partial charge in [0.25, 0.3) is 0 Å². The van der Waals surface area contributed by atoms with Gasteiger partial charge in [0.2, 0.25) is 5.91 Å². The van der Waals surface area contributed by atoms with Crippen LogP contribution in [-0.2, 0) is 10.2 Å². The minimum atomic E-state index is -0.191. The van der Waals surface area contributed by atoms with Crippen molar-refractivity contribution in [3.8, 4) is 0 Å². The van der Waals surface area contributed by atoms with E-state index in [0.29, 0.717) is 11.8 Å². The van der Waals surface area contributed by atoms with Gasteiger partial charge in [0.15, 0.2) is 0 Å². The normalized spacial score (nSPS) is 34.4. The SMILES string of the molecule is O=C(N/N=C/c1ccc(Br)cc1)C12[C@@H]3CCC[C@@H]1C32c1ccccc1. The van der Waals surface area contributed by atoms with Crippen LogP contribution in [0.2, 0.25) is 0 Å². The number of nitrogens with zero attached hydrogens (tertiary/aromatic N) is 1. The number of hydrogen-bond acceptors (Lipinski definition) is 2. The summed E-state index contributed by atoms with van der Waals surface area (Å²) in [5, 5.41) is 4.22. The van der Waals surface area contributed by atoms with Crippen LogP contribution in [0.3, 0.4) is 0 Å². The largest absolute Gasteiger partial charge is 0.272 e. The molecule has 2 aromatic rings. The summed E-state index contributed by atoms with van der Waals surface area (Å²) < 4.78 is 1.03. The lowest BCUT2D eigenvalue weighted by atomic mass is 9.77. The Kier molecular flexibility index (Phi) is 3.23. The number of nitrogens with one attached hydrogen (secondary N) is 1. The van der Waals surface area contributed by atoms with Gasteiger partial charge in [-0.05, 0) is 47.9 Å². The molecule has 126 valence electrons. The molecule has 0 saturated heterocycles. The zero-order valence-electron chi connectivity index (χ0n) is 13.8. The number of carbonyl (C=O) groups excluding carboxylic acids is 1. The number of benzene rings is 2. The van der Waals surface area contributed by atoms with Crippen LogP contribution in [0.4, 0.5) is 0 Å². The van der Waals surface area contributed by atoms with Crippen molar-refractivity contribution in [1.29, 1.82) is 0 Å². The molecule has 3 nitrogen and oxygen atoms in total. The first-order valence-corrected chi connectivity index (χ1v) is 9.66. The summed E-state index contributed by atoms with van der Waals surface area (Å²) in [6.45, 7) is 0. The lowest BCUT2D eigenvalue weighted by Crippen LogP contribution is -2.31. The van der Waals surface area contributed by atoms with Gasteiger partial charge >= 0.3 is 0 Å². The van der Waals surface area contributed by atoms with E-state index in [1.165, 1.54) is 12.0 Å². The molecule has 3 aliphatic rings. The molecule has 1 N–H and O–H groups in total. The minimum absolute atomic E-state index is 0.101. The van der Waals surface area contributed by atoms with E-state index in [-0.39, 0.29) is 16.7 Å². The highest BCUT2D eigenvalue weighted by Crippen LogP contribution is 2.97. The van der Waals surface area contributed by atoms with Crippen LogP contribution in [0, 0.1) is 17.3 Å². The molecular formula is C21H19BrN2O. The Balaban J connectivity index is 1.35. The van der Waals surface area contributed by atoms with Gasteiger partial charge in [-0.15, -0.1) is 0 Å². The molecule has 4 heteroatoms. The maximum Gasteiger partial charge on any atom is 0.247 e. The van der Waals surface area contributed by atoms with Gasteiger partial charge in [-0.3, -0.25) is 4.79 Å². The van der Waals surface area contributed by atoms with Crippen LogP contribution >= 0.6 is 15.9 Å². The maximum atomic E-state index is 13.0. The van der Waals surface area contributed by atoms with Crippen LogP contribution in [0.15, 0.2) is 64.2 Å². The van der Waals surface area contributed by atoms with Crippen molar-refractivity contribution in [3.05, 3.63) is 70.2 Å². The zero-order chi connectivity index (χ0) is 17.1. The fourth-order valence-corrected chi connectivity index (χ4v) is 5.96. The van der Waals surface area contributed by atoms with Gasteiger partial charge < -0.3 is 0 Å².